The number of halogens is 11. The van der Waals surface area contributed by atoms with E-state index in [2.05, 4.69) is 0 Å². The highest BCUT2D eigenvalue weighted by Crippen LogP contribution is 2.69. The lowest BCUT2D eigenvalue weighted by Gasteiger charge is -2.51. The van der Waals surface area contributed by atoms with Gasteiger partial charge < -0.3 is 10.1 Å². The third-order valence-corrected chi connectivity index (χ3v) is 7.34. The number of hydrogen-bond donors (Lipinski definition) is 1. The first-order chi connectivity index (χ1) is 16.3. The Bertz CT molecular complexity index is 1020. The van der Waals surface area contributed by atoms with Gasteiger partial charge in [-0.1, -0.05) is 12.8 Å². The summed E-state index contributed by atoms with van der Waals surface area (Å²) < 4.78 is 159. The third kappa shape index (κ3) is 3.45. The molecule has 0 saturated heterocycles. The first-order valence-electron chi connectivity index (χ1n) is 10.6. The second kappa shape index (κ2) is 8.72. The molecule has 2 aliphatic rings. The molecule has 1 amide bonds. The van der Waals surface area contributed by atoms with Gasteiger partial charge >= 0.3 is 41.3 Å². The second-order valence-electron chi connectivity index (χ2n) is 8.33. The molecule has 1 fully saturated rings. The Kier molecular flexibility index (Phi) is 6.89. The molecule has 36 heavy (non-hydrogen) atoms. The van der Waals surface area contributed by atoms with Crippen LogP contribution in [0.2, 0.25) is 0 Å². The van der Waals surface area contributed by atoms with E-state index in [1.165, 1.54) is 6.92 Å². The van der Waals surface area contributed by atoms with E-state index in [1.807, 2.05) is 0 Å². The van der Waals surface area contributed by atoms with Crippen molar-refractivity contribution in [2.24, 2.45) is 0 Å². The van der Waals surface area contributed by atoms with E-state index >= 15 is 4.39 Å². The summed E-state index contributed by atoms with van der Waals surface area (Å²) in [6.45, 7) is 1.07. The lowest BCUT2D eigenvalue weighted by Crippen LogP contribution is -2.86. The van der Waals surface area contributed by atoms with Crippen LogP contribution < -0.4 is 5.32 Å². The van der Waals surface area contributed by atoms with Crippen molar-refractivity contribution in [3.8, 4) is 0 Å². The minimum absolute atomic E-state index is 0.144. The number of carbonyl (C=O) groups is 2. The number of thiophene rings is 1. The van der Waals surface area contributed by atoms with Gasteiger partial charge in [-0.25, -0.2) is 9.18 Å². The van der Waals surface area contributed by atoms with Crippen LogP contribution in [0.1, 0.15) is 53.4 Å². The molecule has 2 aliphatic carbocycles. The van der Waals surface area contributed by atoms with Gasteiger partial charge in [-0.15, -0.1) is 11.3 Å². The van der Waals surface area contributed by atoms with Crippen molar-refractivity contribution in [3.05, 3.63) is 16.0 Å². The second-order valence-corrected chi connectivity index (χ2v) is 9.43. The molecule has 0 spiro atoms. The molecular weight excluding hydrogens is 543 g/mol. The number of nitrogens with one attached hydrogen (secondary N) is 1. The Morgan fingerprint density at radius 1 is 0.778 bits per heavy atom. The van der Waals surface area contributed by atoms with Crippen LogP contribution in [0.25, 0.3) is 0 Å². The van der Waals surface area contributed by atoms with Gasteiger partial charge in [-0.3, -0.25) is 4.79 Å². The molecule has 0 unspecified atom stereocenters. The van der Waals surface area contributed by atoms with Crippen molar-refractivity contribution in [2.45, 2.75) is 80.7 Å². The Hall–Kier alpha value is -2.13. The predicted molar refractivity (Wildman–Crippen MR) is 103 cm³/mol. The summed E-state index contributed by atoms with van der Waals surface area (Å²) in [5.74, 6) is -41.5. The number of hydrogen-bond acceptors (Lipinski definition) is 4. The molecule has 0 aliphatic heterocycles. The highest BCUT2D eigenvalue weighted by molar-refractivity contribution is 7.17. The van der Waals surface area contributed by atoms with Crippen LogP contribution >= 0.6 is 11.3 Å². The molecule has 0 aromatic carbocycles. The minimum Gasteiger partial charge on any atom is -0.462 e. The Labute approximate surface area is 200 Å². The van der Waals surface area contributed by atoms with Crippen molar-refractivity contribution >= 4 is 28.2 Å². The van der Waals surface area contributed by atoms with Crippen molar-refractivity contribution in [1.82, 2.24) is 0 Å². The van der Waals surface area contributed by atoms with E-state index < -0.39 is 57.7 Å². The average Bonchev–Trinajstić information content (AvgIpc) is 3.07. The van der Waals surface area contributed by atoms with Crippen LogP contribution in [0.3, 0.4) is 0 Å². The number of fused-ring (bicyclic) bond motifs is 1. The van der Waals surface area contributed by atoms with Crippen molar-refractivity contribution in [3.63, 3.8) is 0 Å². The summed E-state index contributed by atoms with van der Waals surface area (Å²) in [5, 5.41) is 0.200. The van der Waals surface area contributed by atoms with E-state index in [1.54, 1.807) is 0 Å². The normalized spacial score (nSPS) is 25.1. The summed E-state index contributed by atoms with van der Waals surface area (Å²) >= 11 is 0.417. The average molecular weight is 561 g/mol. The quantitative estimate of drug-likeness (QED) is 0.341. The Balaban J connectivity index is 2.17. The number of esters is 1. The lowest BCUT2D eigenvalue weighted by atomic mass is 9.71. The largest absolute Gasteiger partial charge is 0.462 e. The van der Waals surface area contributed by atoms with Gasteiger partial charge in [0.1, 0.15) is 5.00 Å². The highest BCUT2D eigenvalue weighted by Gasteiger charge is 3.02. The van der Waals surface area contributed by atoms with Crippen molar-refractivity contribution in [2.75, 3.05) is 11.9 Å². The number of carbonyl (C=O) groups excluding carboxylic acids is 2. The van der Waals surface area contributed by atoms with Crippen LogP contribution in [0, 0.1) is 0 Å². The third-order valence-electron chi connectivity index (χ3n) is 6.13. The van der Waals surface area contributed by atoms with E-state index in [0.29, 0.717) is 35.5 Å². The van der Waals surface area contributed by atoms with E-state index in [-0.39, 0.29) is 25.0 Å². The van der Waals surface area contributed by atoms with Gasteiger partial charge in [-0.05, 0) is 38.2 Å². The maximum atomic E-state index is 15.1. The fourth-order valence-electron chi connectivity index (χ4n) is 4.12. The van der Waals surface area contributed by atoms with Crippen LogP contribution in [-0.4, -0.2) is 53.8 Å². The summed E-state index contributed by atoms with van der Waals surface area (Å²) in [4.78, 5) is 25.2. The standard InChI is InChI=1S/C20H18F11NO3S/c1-2-35-13(33)11-9-7-5-3-4-6-8-10(9)36-12(11)32-14(34)15(21)16(22,23)18(26,27)20(30,31)19(28,29)17(15,24)25/h2-8H2,1H3,(H,32,34). The fourth-order valence-corrected chi connectivity index (χ4v) is 5.39. The smallest absolute Gasteiger partial charge is 0.384 e. The summed E-state index contributed by atoms with van der Waals surface area (Å²) in [6.07, 6.45) is 2.78. The maximum Gasteiger partial charge on any atom is 0.384 e. The number of ether oxygens (including phenoxy) is 1. The molecule has 3 rings (SSSR count). The van der Waals surface area contributed by atoms with Crippen LogP contribution in [-0.2, 0) is 22.4 Å². The molecule has 1 N–H and O–H groups in total. The Morgan fingerprint density at radius 3 is 1.75 bits per heavy atom. The van der Waals surface area contributed by atoms with Gasteiger partial charge in [0.25, 0.3) is 5.91 Å². The Morgan fingerprint density at radius 2 is 1.25 bits per heavy atom. The summed E-state index contributed by atoms with van der Waals surface area (Å²) in [5.41, 5.74) is -7.24. The van der Waals surface area contributed by atoms with Gasteiger partial charge in [0.2, 0.25) is 0 Å². The van der Waals surface area contributed by atoms with Crippen LogP contribution in [0.4, 0.5) is 53.3 Å². The topological polar surface area (TPSA) is 55.4 Å². The molecule has 1 saturated carbocycles. The predicted octanol–water partition coefficient (Wildman–Crippen LogP) is 6.42. The zero-order valence-electron chi connectivity index (χ0n) is 18.2. The van der Waals surface area contributed by atoms with E-state index in [9.17, 15) is 53.5 Å². The molecule has 0 bridgehead atoms. The molecule has 16 heteroatoms. The highest BCUT2D eigenvalue weighted by atomic mass is 32.1. The van der Waals surface area contributed by atoms with Gasteiger partial charge in [0.15, 0.2) is 0 Å². The fraction of sp³-hybridized carbons (Fsp3) is 0.700. The van der Waals surface area contributed by atoms with Gasteiger partial charge in [-0.2, -0.15) is 43.9 Å². The zero-order chi connectivity index (χ0) is 27.5. The van der Waals surface area contributed by atoms with Gasteiger partial charge in [0.05, 0.1) is 12.2 Å². The first kappa shape index (κ1) is 28.4. The molecule has 204 valence electrons. The van der Waals surface area contributed by atoms with Crippen molar-refractivity contribution in [1.29, 1.82) is 0 Å². The molecule has 1 aromatic heterocycles. The summed E-state index contributed by atoms with van der Waals surface area (Å²) in [7, 11) is 0. The van der Waals surface area contributed by atoms with Crippen LogP contribution in [0.5, 0.6) is 0 Å². The zero-order valence-corrected chi connectivity index (χ0v) is 19.1. The summed E-state index contributed by atoms with van der Waals surface area (Å²) in [6, 6.07) is 0. The molecule has 0 radical (unpaired) electrons. The van der Waals surface area contributed by atoms with Gasteiger partial charge in [0, 0.05) is 4.88 Å². The monoisotopic (exact) mass is 561 g/mol. The van der Waals surface area contributed by atoms with Crippen LogP contribution in [0.15, 0.2) is 0 Å². The molecule has 1 aromatic rings. The molecule has 0 atom stereocenters. The van der Waals surface area contributed by atoms with E-state index in [4.69, 9.17) is 4.74 Å². The molecule has 1 heterocycles. The van der Waals surface area contributed by atoms with Crippen molar-refractivity contribution < 1.29 is 62.6 Å². The first-order valence-corrected chi connectivity index (χ1v) is 11.4. The minimum atomic E-state index is -7.43. The number of aryl methyl sites for hydroxylation is 1. The SMILES string of the molecule is CCOC(=O)c1c(NC(=O)C2(F)C(F)(F)C(F)(F)C(F)(F)C(F)(F)C2(F)F)sc2c1CCCCCC2. The number of anilines is 1. The molecule has 4 nitrogen and oxygen atoms in total. The molecular formula is C20H18F11NO3S. The maximum absolute atomic E-state index is 15.1. The number of rotatable bonds is 4. The lowest BCUT2D eigenvalue weighted by molar-refractivity contribution is -0.475. The van der Waals surface area contributed by atoms with E-state index in [0.717, 1.165) is 11.7 Å². The number of alkyl halides is 11. The number of amides is 1.